The summed E-state index contributed by atoms with van der Waals surface area (Å²) in [5.41, 5.74) is 0.477. The highest BCUT2D eigenvalue weighted by Gasteiger charge is 2.31. The lowest BCUT2D eigenvalue weighted by atomic mass is 10.1. The van der Waals surface area contributed by atoms with Crippen LogP contribution in [0, 0.1) is 0 Å². The van der Waals surface area contributed by atoms with Gasteiger partial charge in [0.25, 0.3) is 0 Å². The molecular weight excluding hydrogens is 249 g/mol. The molecule has 1 atom stereocenters. The topological polar surface area (TPSA) is 56.6 Å². The van der Waals surface area contributed by atoms with Crippen molar-refractivity contribution < 1.29 is 23.4 Å². The maximum Gasteiger partial charge on any atom is 0.405 e. The molecule has 18 heavy (non-hydrogen) atoms. The lowest BCUT2D eigenvalue weighted by Crippen LogP contribution is -2.36. The third-order valence-corrected chi connectivity index (χ3v) is 2.32. The lowest BCUT2D eigenvalue weighted by molar-refractivity contribution is -0.120. The highest BCUT2D eigenvalue weighted by Crippen LogP contribution is 2.22. The molecular formula is C11H15F3N2O2. The monoisotopic (exact) mass is 264 g/mol. The number of alkyl halides is 3. The molecule has 4 nitrogen and oxygen atoms in total. The van der Waals surface area contributed by atoms with Crippen LogP contribution in [0.4, 0.5) is 19.0 Å². The van der Waals surface area contributed by atoms with Gasteiger partial charge in [0, 0.05) is 12.7 Å². The van der Waals surface area contributed by atoms with Crippen LogP contribution in [0.5, 0.6) is 0 Å². The molecule has 0 radical (unpaired) electrons. The van der Waals surface area contributed by atoms with E-state index in [1.54, 1.807) is 0 Å². The van der Waals surface area contributed by atoms with Crippen LogP contribution >= 0.6 is 0 Å². The van der Waals surface area contributed by atoms with E-state index in [-0.39, 0.29) is 12.4 Å². The van der Waals surface area contributed by atoms with Crippen LogP contribution in [0.15, 0.2) is 18.3 Å². The lowest BCUT2D eigenvalue weighted by Gasteiger charge is -2.24. The molecule has 0 saturated heterocycles. The molecule has 1 heterocycles. The van der Waals surface area contributed by atoms with Crippen LogP contribution in [-0.2, 0) is 0 Å². The summed E-state index contributed by atoms with van der Waals surface area (Å²) in [7, 11) is 0. The van der Waals surface area contributed by atoms with Crippen LogP contribution in [0.1, 0.15) is 18.6 Å². The van der Waals surface area contributed by atoms with Crippen molar-refractivity contribution in [3.05, 3.63) is 23.9 Å². The summed E-state index contributed by atoms with van der Waals surface area (Å²) in [6.07, 6.45) is -3.83. The molecule has 0 unspecified atom stereocenters. The quantitative estimate of drug-likeness (QED) is 0.846. The van der Waals surface area contributed by atoms with Gasteiger partial charge in [0.05, 0.1) is 12.7 Å². The van der Waals surface area contributed by atoms with Gasteiger partial charge in [-0.15, -0.1) is 0 Å². The Morgan fingerprint density at radius 3 is 2.61 bits per heavy atom. The molecule has 0 aliphatic heterocycles. The summed E-state index contributed by atoms with van der Waals surface area (Å²) in [6, 6.07) is 2.91. The first-order valence-corrected chi connectivity index (χ1v) is 5.40. The van der Waals surface area contributed by atoms with Gasteiger partial charge >= 0.3 is 6.18 Å². The second-order valence-electron chi connectivity index (χ2n) is 3.88. The maximum absolute atomic E-state index is 12.4. The third kappa shape index (κ3) is 4.50. The Bertz CT molecular complexity index is 383. The van der Waals surface area contributed by atoms with E-state index in [4.69, 9.17) is 5.11 Å². The van der Waals surface area contributed by atoms with Crippen molar-refractivity contribution in [2.45, 2.75) is 19.2 Å². The highest BCUT2D eigenvalue weighted by molar-refractivity contribution is 5.41. The number of halogens is 3. The fourth-order valence-corrected chi connectivity index (χ4v) is 1.48. The summed E-state index contributed by atoms with van der Waals surface area (Å²) in [5, 5.41) is 18.2. The normalized spacial score (nSPS) is 13.4. The molecule has 0 fully saturated rings. The van der Waals surface area contributed by atoms with E-state index in [0.717, 1.165) is 4.90 Å². The second-order valence-corrected chi connectivity index (χ2v) is 3.88. The maximum atomic E-state index is 12.4. The first-order valence-electron chi connectivity index (χ1n) is 5.40. The van der Waals surface area contributed by atoms with Crippen molar-refractivity contribution in [1.82, 2.24) is 4.98 Å². The number of rotatable bonds is 5. The molecule has 1 aromatic heterocycles. The van der Waals surface area contributed by atoms with Gasteiger partial charge in [-0.3, -0.25) is 0 Å². The van der Waals surface area contributed by atoms with Gasteiger partial charge in [0.15, 0.2) is 0 Å². The van der Waals surface area contributed by atoms with Gasteiger partial charge in [-0.25, -0.2) is 4.98 Å². The minimum absolute atomic E-state index is 0.0831. The summed E-state index contributed by atoms with van der Waals surface area (Å²) in [5.74, 6) is 0.0831. The molecule has 1 aromatic rings. The molecule has 0 aliphatic carbocycles. The van der Waals surface area contributed by atoms with Crippen molar-refractivity contribution in [2.75, 3.05) is 24.6 Å². The number of aliphatic hydroxyl groups excluding tert-OH is 2. The van der Waals surface area contributed by atoms with Gasteiger partial charge in [-0.2, -0.15) is 13.2 Å². The zero-order chi connectivity index (χ0) is 13.8. The van der Waals surface area contributed by atoms with Gasteiger partial charge in [0.2, 0.25) is 0 Å². The summed E-state index contributed by atoms with van der Waals surface area (Å²) in [4.78, 5) is 4.75. The number of hydrogen-bond donors (Lipinski definition) is 2. The number of pyridine rings is 1. The smallest absolute Gasteiger partial charge is 0.395 e. The Kier molecular flexibility index (Phi) is 4.92. The van der Waals surface area contributed by atoms with Crippen molar-refractivity contribution >= 4 is 5.82 Å². The van der Waals surface area contributed by atoms with E-state index < -0.39 is 25.4 Å². The molecule has 0 amide bonds. The standard InChI is InChI=1S/C11H15F3N2O2/c1-8(18)9-2-3-15-10(6-9)16(4-5-17)7-11(12,13)14/h2-3,6,8,17-18H,4-5,7H2,1H3/t8-/m1/s1. The summed E-state index contributed by atoms with van der Waals surface area (Å²) in [6.45, 7) is -0.254. The van der Waals surface area contributed by atoms with Crippen LogP contribution in [0.3, 0.4) is 0 Å². The number of hydrogen-bond acceptors (Lipinski definition) is 4. The Morgan fingerprint density at radius 2 is 2.11 bits per heavy atom. The average Bonchev–Trinajstić information content (AvgIpc) is 2.27. The fourth-order valence-electron chi connectivity index (χ4n) is 1.48. The largest absolute Gasteiger partial charge is 0.405 e. The molecule has 0 bridgehead atoms. The molecule has 102 valence electrons. The predicted molar refractivity (Wildman–Crippen MR) is 60.2 cm³/mol. The Hall–Kier alpha value is -1.34. The van der Waals surface area contributed by atoms with Crippen LogP contribution in [0.2, 0.25) is 0 Å². The van der Waals surface area contributed by atoms with E-state index in [1.165, 1.54) is 25.3 Å². The molecule has 0 spiro atoms. The zero-order valence-electron chi connectivity index (χ0n) is 9.85. The Labute approximate surface area is 103 Å². The van der Waals surface area contributed by atoms with E-state index in [2.05, 4.69) is 4.98 Å². The van der Waals surface area contributed by atoms with E-state index in [9.17, 15) is 18.3 Å². The molecule has 7 heteroatoms. The zero-order valence-corrected chi connectivity index (χ0v) is 9.85. The van der Waals surface area contributed by atoms with Gasteiger partial charge in [-0.05, 0) is 24.6 Å². The van der Waals surface area contributed by atoms with Crippen molar-refractivity contribution in [2.24, 2.45) is 0 Å². The number of aromatic nitrogens is 1. The number of anilines is 1. The number of nitrogens with zero attached hydrogens (tertiary/aromatic N) is 2. The van der Waals surface area contributed by atoms with Crippen molar-refractivity contribution in [3.8, 4) is 0 Å². The van der Waals surface area contributed by atoms with Crippen LogP contribution in [-0.4, -0.2) is 41.1 Å². The number of aliphatic hydroxyl groups is 2. The van der Waals surface area contributed by atoms with Crippen LogP contribution < -0.4 is 4.90 Å². The van der Waals surface area contributed by atoms with Crippen molar-refractivity contribution in [1.29, 1.82) is 0 Å². The van der Waals surface area contributed by atoms with Gasteiger partial charge in [0.1, 0.15) is 12.4 Å². The summed E-state index contributed by atoms with van der Waals surface area (Å²) < 4.78 is 37.1. The third-order valence-electron chi connectivity index (χ3n) is 2.32. The van der Waals surface area contributed by atoms with E-state index in [0.29, 0.717) is 5.56 Å². The molecule has 1 rings (SSSR count). The Balaban J connectivity index is 2.94. The van der Waals surface area contributed by atoms with Crippen molar-refractivity contribution in [3.63, 3.8) is 0 Å². The minimum atomic E-state index is -4.38. The fraction of sp³-hybridized carbons (Fsp3) is 0.545. The van der Waals surface area contributed by atoms with E-state index >= 15 is 0 Å². The minimum Gasteiger partial charge on any atom is -0.395 e. The van der Waals surface area contributed by atoms with Gasteiger partial charge in [-0.1, -0.05) is 0 Å². The second kappa shape index (κ2) is 6.01. The predicted octanol–water partition coefficient (Wildman–Crippen LogP) is 1.50. The van der Waals surface area contributed by atoms with Crippen LogP contribution in [0.25, 0.3) is 0 Å². The van der Waals surface area contributed by atoms with E-state index in [1.807, 2.05) is 0 Å². The van der Waals surface area contributed by atoms with Gasteiger partial charge < -0.3 is 15.1 Å². The highest BCUT2D eigenvalue weighted by atomic mass is 19.4. The Morgan fingerprint density at radius 1 is 1.44 bits per heavy atom. The average molecular weight is 264 g/mol. The first-order chi connectivity index (χ1) is 8.33. The molecule has 0 aromatic carbocycles. The summed E-state index contributed by atoms with van der Waals surface area (Å²) >= 11 is 0. The molecule has 2 N–H and O–H groups in total. The molecule has 0 aliphatic rings. The first kappa shape index (κ1) is 14.7. The molecule has 0 saturated carbocycles. The SMILES string of the molecule is C[C@@H](O)c1ccnc(N(CCO)CC(F)(F)F)c1.